The number of anilines is 1. The third-order valence-corrected chi connectivity index (χ3v) is 5.41. The number of hydrogen-bond acceptors (Lipinski definition) is 6. The number of aromatic nitrogens is 4. The minimum atomic E-state index is -0.423. The maximum absolute atomic E-state index is 12.2. The molecule has 0 aliphatic rings. The molecule has 3 aromatic heterocycles. The lowest BCUT2D eigenvalue weighted by Gasteiger charge is -2.12. The van der Waals surface area contributed by atoms with Crippen molar-refractivity contribution < 1.29 is 9.53 Å². The number of nitrogens with one attached hydrogen (secondary N) is 1. The molecule has 0 amide bonds. The van der Waals surface area contributed by atoms with Crippen LogP contribution in [0.2, 0.25) is 0 Å². The molecule has 0 aliphatic carbocycles. The average molecular weight is 450 g/mol. The van der Waals surface area contributed by atoms with Crippen molar-refractivity contribution in [1.82, 2.24) is 19.6 Å². The Labute approximate surface area is 197 Å². The molecule has 5 rings (SSSR count). The highest BCUT2D eigenvalue weighted by Crippen LogP contribution is 2.31. The lowest BCUT2D eigenvalue weighted by molar-refractivity contribution is 0.0526. The van der Waals surface area contributed by atoms with Gasteiger partial charge in [-0.15, -0.1) is 5.10 Å². The second kappa shape index (κ2) is 9.54. The van der Waals surface area contributed by atoms with Crippen LogP contribution in [0.5, 0.6) is 0 Å². The first-order valence-corrected chi connectivity index (χ1v) is 11.1. The summed E-state index contributed by atoms with van der Waals surface area (Å²) in [5, 5.41) is 8.21. The SMILES string of the molecule is CCOC(=O)c1cncc(-c2nc(NCc3ccccc3)c3c(-c4ccccc4)ccn3n2)c1. The molecule has 0 saturated heterocycles. The summed E-state index contributed by atoms with van der Waals surface area (Å²) in [4.78, 5) is 21.3. The van der Waals surface area contributed by atoms with E-state index >= 15 is 0 Å². The Morgan fingerprint density at radius 3 is 2.50 bits per heavy atom. The van der Waals surface area contributed by atoms with Gasteiger partial charge in [0.2, 0.25) is 0 Å². The highest BCUT2D eigenvalue weighted by molar-refractivity contribution is 5.91. The maximum Gasteiger partial charge on any atom is 0.339 e. The molecule has 34 heavy (non-hydrogen) atoms. The van der Waals surface area contributed by atoms with Gasteiger partial charge in [-0.2, -0.15) is 0 Å². The van der Waals surface area contributed by atoms with Gasteiger partial charge in [0.25, 0.3) is 0 Å². The summed E-state index contributed by atoms with van der Waals surface area (Å²) >= 11 is 0. The van der Waals surface area contributed by atoms with E-state index in [-0.39, 0.29) is 0 Å². The zero-order valence-corrected chi connectivity index (χ0v) is 18.7. The van der Waals surface area contributed by atoms with Crippen molar-refractivity contribution in [3.63, 3.8) is 0 Å². The summed E-state index contributed by atoms with van der Waals surface area (Å²) in [5.41, 5.74) is 5.11. The van der Waals surface area contributed by atoms with Gasteiger partial charge >= 0.3 is 5.97 Å². The van der Waals surface area contributed by atoms with E-state index in [1.807, 2.05) is 53.2 Å². The van der Waals surface area contributed by atoms with Crippen LogP contribution < -0.4 is 5.32 Å². The summed E-state index contributed by atoms with van der Waals surface area (Å²) in [7, 11) is 0. The number of pyridine rings is 1. The highest BCUT2D eigenvalue weighted by Gasteiger charge is 2.17. The van der Waals surface area contributed by atoms with Crippen LogP contribution in [0.4, 0.5) is 5.82 Å². The Kier molecular flexibility index (Phi) is 5.99. The molecule has 0 fully saturated rings. The van der Waals surface area contributed by atoms with Gasteiger partial charge in [0.15, 0.2) is 11.6 Å². The van der Waals surface area contributed by atoms with Crippen molar-refractivity contribution in [2.45, 2.75) is 13.5 Å². The molecular weight excluding hydrogens is 426 g/mol. The van der Waals surface area contributed by atoms with Crippen LogP contribution in [0.3, 0.4) is 0 Å². The van der Waals surface area contributed by atoms with Gasteiger partial charge in [0, 0.05) is 36.3 Å². The lowest BCUT2D eigenvalue weighted by Crippen LogP contribution is -2.08. The van der Waals surface area contributed by atoms with Crippen molar-refractivity contribution in [2.24, 2.45) is 0 Å². The number of carbonyl (C=O) groups is 1. The van der Waals surface area contributed by atoms with Crippen molar-refractivity contribution in [2.75, 3.05) is 11.9 Å². The summed E-state index contributed by atoms with van der Waals surface area (Å²) in [5.74, 6) is 0.726. The average Bonchev–Trinajstić information content (AvgIpc) is 3.33. The van der Waals surface area contributed by atoms with Crippen LogP contribution in [0, 0.1) is 0 Å². The number of esters is 1. The Morgan fingerprint density at radius 1 is 0.971 bits per heavy atom. The van der Waals surface area contributed by atoms with E-state index in [1.165, 1.54) is 6.20 Å². The Hall–Kier alpha value is -4.52. The van der Waals surface area contributed by atoms with Gasteiger partial charge < -0.3 is 10.1 Å². The van der Waals surface area contributed by atoms with E-state index in [2.05, 4.69) is 34.6 Å². The molecule has 0 aliphatic heterocycles. The van der Waals surface area contributed by atoms with Crippen molar-refractivity contribution in [3.8, 4) is 22.5 Å². The van der Waals surface area contributed by atoms with E-state index in [9.17, 15) is 4.79 Å². The monoisotopic (exact) mass is 449 g/mol. The molecule has 0 atom stereocenters. The Bertz CT molecular complexity index is 1430. The number of hydrogen-bond donors (Lipinski definition) is 1. The fourth-order valence-electron chi connectivity index (χ4n) is 3.79. The molecule has 168 valence electrons. The predicted molar refractivity (Wildman–Crippen MR) is 131 cm³/mol. The topological polar surface area (TPSA) is 81.4 Å². The highest BCUT2D eigenvalue weighted by atomic mass is 16.5. The molecule has 2 aromatic carbocycles. The van der Waals surface area contributed by atoms with Crippen molar-refractivity contribution in [3.05, 3.63) is 103 Å². The zero-order valence-electron chi connectivity index (χ0n) is 18.7. The van der Waals surface area contributed by atoms with Gasteiger partial charge in [0.05, 0.1) is 12.2 Å². The quantitative estimate of drug-likeness (QED) is 0.342. The first-order chi connectivity index (χ1) is 16.7. The van der Waals surface area contributed by atoms with E-state index < -0.39 is 5.97 Å². The minimum absolute atomic E-state index is 0.296. The first-order valence-electron chi connectivity index (χ1n) is 11.1. The fourth-order valence-corrected chi connectivity index (χ4v) is 3.79. The fraction of sp³-hybridized carbons (Fsp3) is 0.111. The van der Waals surface area contributed by atoms with Gasteiger partial charge in [-0.05, 0) is 30.2 Å². The minimum Gasteiger partial charge on any atom is -0.462 e. The summed E-state index contributed by atoms with van der Waals surface area (Å²) in [6, 6.07) is 24.0. The normalized spacial score (nSPS) is 10.9. The summed E-state index contributed by atoms with van der Waals surface area (Å²) in [6.45, 7) is 2.67. The number of carbonyl (C=O) groups excluding carboxylic acids is 1. The van der Waals surface area contributed by atoms with E-state index in [4.69, 9.17) is 14.8 Å². The molecule has 0 spiro atoms. The second-order valence-electron chi connectivity index (χ2n) is 7.69. The van der Waals surface area contributed by atoms with Crippen LogP contribution in [0.25, 0.3) is 28.0 Å². The molecule has 5 aromatic rings. The standard InChI is InChI=1S/C27H23N5O2/c1-2-34-27(33)22-15-21(17-28-18-22)25-30-26(29-16-19-9-5-3-6-10-19)24-23(13-14-32(24)31-25)20-11-7-4-8-12-20/h3-15,17-18H,2,16H2,1H3,(H,29,30,31). The number of ether oxygens (including phenoxy) is 1. The Morgan fingerprint density at radius 2 is 1.74 bits per heavy atom. The molecule has 0 radical (unpaired) electrons. The predicted octanol–water partition coefficient (Wildman–Crippen LogP) is 5.25. The molecule has 0 unspecified atom stereocenters. The van der Waals surface area contributed by atoms with Gasteiger partial charge in [-0.25, -0.2) is 14.3 Å². The van der Waals surface area contributed by atoms with Crippen LogP contribution in [0.1, 0.15) is 22.8 Å². The van der Waals surface area contributed by atoms with Gasteiger partial charge in [0.1, 0.15) is 5.52 Å². The van der Waals surface area contributed by atoms with Gasteiger partial charge in [-0.1, -0.05) is 60.7 Å². The van der Waals surface area contributed by atoms with Crippen molar-refractivity contribution in [1.29, 1.82) is 0 Å². The van der Waals surface area contributed by atoms with Crippen LogP contribution in [-0.4, -0.2) is 32.2 Å². The smallest absolute Gasteiger partial charge is 0.339 e. The van der Waals surface area contributed by atoms with Crippen molar-refractivity contribution >= 4 is 17.3 Å². The number of benzene rings is 2. The molecule has 0 bridgehead atoms. The largest absolute Gasteiger partial charge is 0.462 e. The zero-order chi connectivity index (χ0) is 23.3. The summed E-state index contributed by atoms with van der Waals surface area (Å²) < 4.78 is 6.93. The number of rotatable bonds is 7. The van der Waals surface area contributed by atoms with E-state index in [0.717, 1.165) is 22.2 Å². The molecule has 1 N–H and O–H groups in total. The molecule has 0 saturated carbocycles. The molecular formula is C27H23N5O2. The molecule has 3 heterocycles. The first kappa shape index (κ1) is 21.3. The van der Waals surface area contributed by atoms with E-state index in [0.29, 0.717) is 35.9 Å². The number of nitrogens with zero attached hydrogens (tertiary/aromatic N) is 4. The second-order valence-corrected chi connectivity index (χ2v) is 7.69. The number of fused-ring (bicyclic) bond motifs is 1. The lowest BCUT2D eigenvalue weighted by atomic mass is 10.1. The van der Waals surface area contributed by atoms with Crippen LogP contribution in [0.15, 0.2) is 91.4 Å². The maximum atomic E-state index is 12.2. The van der Waals surface area contributed by atoms with Crippen LogP contribution in [-0.2, 0) is 11.3 Å². The Balaban J connectivity index is 1.61. The molecule has 7 nitrogen and oxygen atoms in total. The third kappa shape index (κ3) is 4.36. The summed E-state index contributed by atoms with van der Waals surface area (Å²) in [6.07, 6.45) is 5.05. The van der Waals surface area contributed by atoms with E-state index in [1.54, 1.807) is 19.2 Å². The molecule has 7 heteroatoms. The third-order valence-electron chi connectivity index (χ3n) is 5.41. The van der Waals surface area contributed by atoms with Gasteiger partial charge in [-0.3, -0.25) is 4.98 Å². The van der Waals surface area contributed by atoms with Crippen LogP contribution >= 0.6 is 0 Å².